The van der Waals surface area contributed by atoms with Crippen molar-refractivity contribution in [1.29, 1.82) is 0 Å². The smallest absolute Gasteiger partial charge is 0.306 e. The Labute approximate surface area is 105 Å². The van der Waals surface area contributed by atoms with Crippen molar-refractivity contribution in [1.82, 2.24) is 0 Å². The molecule has 2 heteroatoms. The number of allylic oxidation sites excluding steroid dienone is 1. The number of unbranched alkanes of at least 4 members (excludes halogenated alkanes) is 2. The highest BCUT2D eigenvalue weighted by Crippen LogP contribution is 2.16. The highest BCUT2D eigenvalue weighted by atomic mass is 16.5. The number of carbonyl (C=O) groups excluding carboxylic acids is 1. The molecule has 0 spiro atoms. The van der Waals surface area contributed by atoms with E-state index in [1.54, 1.807) is 0 Å². The maximum absolute atomic E-state index is 11.6. The second-order valence-corrected chi connectivity index (χ2v) is 5.39. The summed E-state index contributed by atoms with van der Waals surface area (Å²) in [7, 11) is 0. The molecule has 98 valence electrons. The molecule has 0 aromatic heterocycles. The predicted octanol–water partition coefficient (Wildman–Crippen LogP) is 4.24. The zero-order valence-corrected chi connectivity index (χ0v) is 11.3. The number of carbonyl (C=O) groups is 1. The summed E-state index contributed by atoms with van der Waals surface area (Å²) in [6.45, 7) is 4.48. The molecule has 0 N–H and O–H groups in total. The van der Waals surface area contributed by atoms with Gasteiger partial charge in [0.05, 0.1) is 0 Å². The Kier molecular flexibility index (Phi) is 6.99. The Morgan fingerprint density at radius 1 is 1.29 bits per heavy atom. The van der Waals surface area contributed by atoms with Gasteiger partial charge in [-0.15, -0.1) is 0 Å². The molecule has 0 aromatic carbocycles. The summed E-state index contributed by atoms with van der Waals surface area (Å²) >= 11 is 0. The van der Waals surface area contributed by atoms with Gasteiger partial charge >= 0.3 is 5.97 Å². The van der Waals surface area contributed by atoms with E-state index in [1.165, 1.54) is 12.8 Å². The van der Waals surface area contributed by atoms with Crippen molar-refractivity contribution in [2.45, 2.75) is 71.3 Å². The van der Waals surface area contributed by atoms with Crippen LogP contribution in [0.1, 0.15) is 65.2 Å². The molecule has 0 amide bonds. The minimum atomic E-state index is -0.00477. The third-order valence-corrected chi connectivity index (χ3v) is 3.18. The number of rotatable bonds is 7. The third kappa shape index (κ3) is 7.19. The van der Waals surface area contributed by atoms with Gasteiger partial charge in [-0.05, 0) is 25.2 Å². The van der Waals surface area contributed by atoms with Crippen LogP contribution >= 0.6 is 0 Å². The van der Waals surface area contributed by atoms with Crippen LogP contribution in [0.2, 0.25) is 0 Å². The van der Waals surface area contributed by atoms with Crippen LogP contribution in [-0.2, 0) is 9.53 Å². The van der Waals surface area contributed by atoms with Crippen molar-refractivity contribution in [3.05, 3.63) is 12.2 Å². The van der Waals surface area contributed by atoms with E-state index in [2.05, 4.69) is 26.0 Å². The highest BCUT2D eigenvalue weighted by molar-refractivity contribution is 5.69. The van der Waals surface area contributed by atoms with Gasteiger partial charge in [0.15, 0.2) is 0 Å². The topological polar surface area (TPSA) is 26.3 Å². The average Bonchev–Trinajstić information content (AvgIpc) is 2.29. The summed E-state index contributed by atoms with van der Waals surface area (Å²) in [5.41, 5.74) is 0. The van der Waals surface area contributed by atoms with Crippen LogP contribution in [-0.4, -0.2) is 12.1 Å². The fourth-order valence-electron chi connectivity index (χ4n) is 2.12. The first-order chi connectivity index (χ1) is 8.18. The second kappa shape index (κ2) is 8.32. The van der Waals surface area contributed by atoms with Crippen LogP contribution < -0.4 is 0 Å². The van der Waals surface area contributed by atoms with Crippen molar-refractivity contribution in [3.8, 4) is 0 Å². The molecule has 1 rings (SSSR count). The molecule has 2 nitrogen and oxygen atoms in total. The predicted molar refractivity (Wildman–Crippen MR) is 70.8 cm³/mol. The van der Waals surface area contributed by atoms with E-state index in [4.69, 9.17) is 4.74 Å². The fraction of sp³-hybridized carbons (Fsp3) is 0.800. The van der Waals surface area contributed by atoms with Gasteiger partial charge in [0.1, 0.15) is 6.10 Å². The summed E-state index contributed by atoms with van der Waals surface area (Å²) in [4.78, 5) is 11.6. The molecule has 1 aliphatic carbocycles. The minimum absolute atomic E-state index is 0.00477. The quantitative estimate of drug-likeness (QED) is 0.376. The highest BCUT2D eigenvalue weighted by Gasteiger charge is 2.14. The first-order valence-electron chi connectivity index (χ1n) is 7.03. The molecule has 0 aliphatic heterocycles. The van der Waals surface area contributed by atoms with Crippen LogP contribution in [0.5, 0.6) is 0 Å². The van der Waals surface area contributed by atoms with Crippen LogP contribution in [0.15, 0.2) is 12.2 Å². The van der Waals surface area contributed by atoms with Crippen molar-refractivity contribution in [3.63, 3.8) is 0 Å². The first kappa shape index (κ1) is 14.3. The summed E-state index contributed by atoms with van der Waals surface area (Å²) in [5.74, 6) is 0.769. The lowest BCUT2D eigenvalue weighted by Gasteiger charge is -2.18. The normalized spacial score (nSPS) is 19.6. The summed E-state index contributed by atoms with van der Waals surface area (Å²) < 4.78 is 5.43. The molecule has 0 fully saturated rings. The molecule has 0 aromatic rings. The van der Waals surface area contributed by atoms with Gasteiger partial charge in [-0.1, -0.05) is 45.3 Å². The number of hydrogen-bond acceptors (Lipinski definition) is 2. The minimum Gasteiger partial charge on any atom is -0.462 e. The maximum atomic E-state index is 11.6. The summed E-state index contributed by atoms with van der Waals surface area (Å²) in [5, 5.41) is 0. The molecular formula is C15H26O2. The Morgan fingerprint density at radius 3 is 2.76 bits per heavy atom. The average molecular weight is 238 g/mol. The first-order valence-corrected chi connectivity index (χ1v) is 7.03. The molecular weight excluding hydrogens is 212 g/mol. The maximum Gasteiger partial charge on any atom is 0.306 e. The van der Waals surface area contributed by atoms with E-state index >= 15 is 0 Å². The Balaban J connectivity index is 1.99. The number of ether oxygens (including phenoxy) is 1. The third-order valence-electron chi connectivity index (χ3n) is 3.18. The van der Waals surface area contributed by atoms with Crippen LogP contribution in [0.25, 0.3) is 0 Å². The molecule has 1 unspecified atom stereocenters. The van der Waals surface area contributed by atoms with E-state index in [-0.39, 0.29) is 12.1 Å². The molecule has 1 atom stereocenters. The standard InChI is InChI=1S/C15H26O2/c1-13(2)9-5-3-8-12-15(16)17-14-10-6-4-7-11-14/h4,6,13-14H,3,5,7-12H2,1-2H3. The van der Waals surface area contributed by atoms with E-state index in [0.29, 0.717) is 6.42 Å². The summed E-state index contributed by atoms with van der Waals surface area (Å²) in [6.07, 6.45) is 12.6. The van der Waals surface area contributed by atoms with Gasteiger partial charge in [-0.3, -0.25) is 4.79 Å². The lowest BCUT2D eigenvalue weighted by Crippen LogP contribution is -2.18. The van der Waals surface area contributed by atoms with Crippen molar-refractivity contribution >= 4 is 5.97 Å². The largest absolute Gasteiger partial charge is 0.462 e. The van der Waals surface area contributed by atoms with Crippen molar-refractivity contribution in [2.24, 2.45) is 5.92 Å². The molecule has 17 heavy (non-hydrogen) atoms. The van der Waals surface area contributed by atoms with Gasteiger partial charge in [0.2, 0.25) is 0 Å². The van der Waals surface area contributed by atoms with E-state index in [9.17, 15) is 4.79 Å². The number of esters is 1. The van der Waals surface area contributed by atoms with E-state index < -0.39 is 0 Å². The summed E-state index contributed by atoms with van der Waals surface area (Å²) in [6, 6.07) is 0. The fourth-order valence-corrected chi connectivity index (χ4v) is 2.12. The van der Waals surface area contributed by atoms with E-state index in [1.807, 2.05) is 0 Å². The van der Waals surface area contributed by atoms with Gasteiger partial charge in [0.25, 0.3) is 0 Å². The van der Waals surface area contributed by atoms with Crippen molar-refractivity contribution in [2.75, 3.05) is 0 Å². The molecule has 0 radical (unpaired) electrons. The van der Waals surface area contributed by atoms with Gasteiger partial charge in [-0.25, -0.2) is 0 Å². The van der Waals surface area contributed by atoms with E-state index in [0.717, 1.165) is 38.0 Å². The zero-order chi connectivity index (χ0) is 12.5. The SMILES string of the molecule is CC(C)CCCCCC(=O)OC1CC=CCC1. The lowest BCUT2D eigenvalue weighted by atomic mass is 10.0. The monoisotopic (exact) mass is 238 g/mol. The van der Waals surface area contributed by atoms with Crippen LogP contribution in [0.3, 0.4) is 0 Å². The van der Waals surface area contributed by atoms with Crippen LogP contribution in [0.4, 0.5) is 0 Å². The lowest BCUT2D eigenvalue weighted by molar-refractivity contribution is -0.149. The molecule has 0 bridgehead atoms. The molecule has 0 saturated heterocycles. The second-order valence-electron chi connectivity index (χ2n) is 5.39. The Bertz CT molecular complexity index is 243. The number of hydrogen-bond donors (Lipinski definition) is 0. The van der Waals surface area contributed by atoms with Gasteiger partial charge < -0.3 is 4.74 Å². The zero-order valence-electron chi connectivity index (χ0n) is 11.3. The van der Waals surface area contributed by atoms with Gasteiger partial charge in [-0.2, -0.15) is 0 Å². The Morgan fingerprint density at radius 2 is 2.12 bits per heavy atom. The Hall–Kier alpha value is -0.790. The van der Waals surface area contributed by atoms with Crippen molar-refractivity contribution < 1.29 is 9.53 Å². The molecule has 1 aliphatic rings. The van der Waals surface area contributed by atoms with Crippen LogP contribution in [0, 0.1) is 5.92 Å². The van der Waals surface area contributed by atoms with Gasteiger partial charge in [0, 0.05) is 12.8 Å². The molecule has 0 saturated carbocycles. The molecule has 0 heterocycles.